The van der Waals surface area contributed by atoms with Crippen molar-refractivity contribution in [3.8, 4) is 5.75 Å². The molecule has 3 aromatic carbocycles. The molecule has 1 aliphatic rings. The highest BCUT2D eigenvalue weighted by Gasteiger charge is 2.21. The third-order valence-corrected chi connectivity index (χ3v) is 6.44. The number of benzene rings is 3. The maximum absolute atomic E-state index is 12.1. The van der Waals surface area contributed by atoms with E-state index in [1.54, 1.807) is 48.8 Å². The van der Waals surface area contributed by atoms with Crippen LogP contribution in [-0.4, -0.2) is 13.0 Å². The summed E-state index contributed by atoms with van der Waals surface area (Å²) in [6.07, 6.45) is 8.66. The molecule has 1 heterocycles. The van der Waals surface area contributed by atoms with E-state index in [9.17, 15) is 13.0 Å². The molecule has 0 bridgehead atoms. The van der Waals surface area contributed by atoms with E-state index >= 15 is 0 Å². The third-order valence-electron chi connectivity index (χ3n) is 5.53. The van der Waals surface area contributed by atoms with Gasteiger partial charge in [0.15, 0.2) is 0 Å². The number of fused-ring (bicyclic) bond motifs is 1. The van der Waals surface area contributed by atoms with Crippen LogP contribution in [0.15, 0.2) is 108 Å². The van der Waals surface area contributed by atoms with Crippen LogP contribution in [0.3, 0.4) is 0 Å². The molecule has 0 atom stereocenters. The zero-order chi connectivity index (χ0) is 24.3. The summed E-state index contributed by atoms with van der Waals surface area (Å²) in [5.74, 6) is 0.520. The van der Waals surface area contributed by atoms with Crippen LogP contribution in [0.4, 0.5) is 11.4 Å². The van der Waals surface area contributed by atoms with Gasteiger partial charge in [0.2, 0.25) is 0 Å². The first-order valence-corrected chi connectivity index (χ1v) is 12.1. The molecule has 3 aromatic rings. The molecule has 4 rings (SSSR count). The Balaban J connectivity index is 1.88. The normalized spacial score (nSPS) is 16.1. The Labute approximate surface area is 200 Å². The zero-order valence-corrected chi connectivity index (χ0v) is 19.8. The smallest absolute Gasteiger partial charge is 0.295 e. The molecule has 0 amide bonds. The van der Waals surface area contributed by atoms with Gasteiger partial charge in [-0.3, -0.25) is 4.55 Å². The van der Waals surface area contributed by atoms with Crippen LogP contribution in [-0.2, 0) is 10.1 Å². The fraction of sp³-hybridized carbons (Fsp3) is 0.0714. The van der Waals surface area contributed by atoms with Gasteiger partial charge in [0, 0.05) is 28.6 Å². The molecule has 0 unspecified atom stereocenters. The second-order valence-electron chi connectivity index (χ2n) is 8.01. The summed E-state index contributed by atoms with van der Waals surface area (Å²) < 4.78 is 40.0. The largest absolute Gasteiger partial charge is 0.464 e. The fourth-order valence-electron chi connectivity index (χ4n) is 3.83. The van der Waals surface area contributed by atoms with Crippen LogP contribution in [0.2, 0.25) is 0 Å². The van der Waals surface area contributed by atoms with Gasteiger partial charge >= 0.3 is 0 Å². The van der Waals surface area contributed by atoms with E-state index in [1.165, 1.54) is 6.07 Å². The summed E-state index contributed by atoms with van der Waals surface area (Å²) in [7, 11) is -4.44. The molecule has 2 N–H and O–H groups in total. The van der Waals surface area contributed by atoms with Gasteiger partial charge < -0.3 is 10.1 Å². The maximum atomic E-state index is 12.1. The SMILES string of the molecule is C=C1C=COc2cc(Nc3c(C)cccc3C)ccc2/C(c2ccccc2S(=O)(=O)O)=C/C=C\1. The first-order chi connectivity index (χ1) is 16.2. The molecule has 172 valence electrons. The monoisotopic (exact) mass is 471 g/mol. The van der Waals surface area contributed by atoms with Gasteiger partial charge in [0.25, 0.3) is 10.1 Å². The molecule has 0 spiro atoms. The number of ether oxygens (including phenoxy) is 1. The van der Waals surface area contributed by atoms with Gasteiger partial charge in [-0.15, -0.1) is 0 Å². The standard InChI is InChI=1S/C28H25NO4S/c1-19-8-6-12-23(25-11-4-5-13-27(25)34(30,31)32)24-15-14-22(18-26(24)33-17-16-19)29-28-20(2)9-7-10-21(28)3/h4-18,29H,1H2,2-3H3,(H,30,31,32)/b8-6-,17-16?,23-12-. The number of allylic oxidation sites excluding steroid dienone is 5. The van der Waals surface area contributed by atoms with Crippen molar-refractivity contribution < 1.29 is 17.7 Å². The number of anilines is 2. The van der Waals surface area contributed by atoms with E-state index in [-0.39, 0.29) is 4.90 Å². The average Bonchev–Trinajstić information content (AvgIpc) is 2.79. The van der Waals surface area contributed by atoms with Crippen LogP contribution in [0, 0.1) is 13.8 Å². The molecule has 0 saturated heterocycles. The summed E-state index contributed by atoms with van der Waals surface area (Å²) in [5, 5.41) is 3.46. The van der Waals surface area contributed by atoms with Gasteiger partial charge in [-0.05, 0) is 60.4 Å². The number of nitrogens with one attached hydrogen (secondary N) is 1. The van der Waals surface area contributed by atoms with Crippen LogP contribution < -0.4 is 10.1 Å². The Bertz CT molecular complexity index is 1440. The first kappa shape index (κ1) is 23.3. The molecule has 0 radical (unpaired) electrons. The van der Waals surface area contributed by atoms with Crippen molar-refractivity contribution in [2.24, 2.45) is 0 Å². The summed E-state index contributed by atoms with van der Waals surface area (Å²) in [6, 6.07) is 18.1. The molecule has 0 fully saturated rings. The van der Waals surface area contributed by atoms with Crippen LogP contribution >= 0.6 is 0 Å². The van der Waals surface area contributed by atoms with Gasteiger partial charge in [0.05, 0.1) is 6.26 Å². The van der Waals surface area contributed by atoms with Gasteiger partial charge in [0.1, 0.15) is 10.6 Å². The van der Waals surface area contributed by atoms with Crippen LogP contribution in [0.1, 0.15) is 22.3 Å². The van der Waals surface area contributed by atoms with Crippen LogP contribution in [0.25, 0.3) is 5.57 Å². The Morgan fingerprint density at radius 3 is 2.38 bits per heavy atom. The second-order valence-corrected chi connectivity index (χ2v) is 9.40. The molecule has 6 heteroatoms. The molecule has 34 heavy (non-hydrogen) atoms. The lowest BCUT2D eigenvalue weighted by molar-refractivity contribution is 0.479. The van der Waals surface area contributed by atoms with Gasteiger partial charge in [-0.1, -0.05) is 61.2 Å². The minimum absolute atomic E-state index is 0.176. The number of para-hydroxylation sites is 1. The summed E-state index contributed by atoms with van der Waals surface area (Å²) in [4.78, 5) is -0.176. The van der Waals surface area contributed by atoms with Crippen LogP contribution in [0.5, 0.6) is 5.75 Å². The topological polar surface area (TPSA) is 75.6 Å². The average molecular weight is 472 g/mol. The predicted octanol–water partition coefficient (Wildman–Crippen LogP) is 6.74. The molecule has 1 aliphatic heterocycles. The Kier molecular flexibility index (Phi) is 6.54. The lowest BCUT2D eigenvalue weighted by atomic mass is 9.95. The highest BCUT2D eigenvalue weighted by molar-refractivity contribution is 7.86. The minimum atomic E-state index is -4.44. The second kappa shape index (κ2) is 9.55. The maximum Gasteiger partial charge on any atom is 0.295 e. The minimum Gasteiger partial charge on any atom is -0.464 e. The Morgan fingerprint density at radius 2 is 1.65 bits per heavy atom. The molecule has 0 saturated carbocycles. The molecule has 0 aliphatic carbocycles. The number of rotatable bonds is 4. The van der Waals surface area contributed by atoms with E-state index in [4.69, 9.17) is 4.74 Å². The van der Waals surface area contributed by atoms with Gasteiger partial charge in [-0.2, -0.15) is 8.42 Å². The number of aryl methyl sites for hydroxylation is 2. The fourth-order valence-corrected chi connectivity index (χ4v) is 4.54. The zero-order valence-electron chi connectivity index (χ0n) is 18.9. The summed E-state index contributed by atoms with van der Waals surface area (Å²) in [5.41, 5.74) is 6.40. The lowest BCUT2D eigenvalue weighted by Crippen LogP contribution is -2.04. The highest BCUT2D eigenvalue weighted by Crippen LogP contribution is 2.37. The molecular formula is C28H25NO4S. The highest BCUT2D eigenvalue weighted by atomic mass is 32.2. The first-order valence-electron chi connectivity index (χ1n) is 10.7. The molecule has 5 nitrogen and oxygen atoms in total. The summed E-state index contributed by atoms with van der Waals surface area (Å²) in [6.45, 7) is 8.05. The van der Waals surface area contributed by atoms with E-state index in [1.807, 2.05) is 50.2 Å². The Hall–Kier alpha value is -3.87. The molecular weight excluding hydrogens is 446 g/mol. The van der Waals surface area contributed by atoms with E-state index < -0.39 is 10.1 Å². The van der Waals surface area contributed by atoms with Crippen molar-refractivity contribution in [1.29, 1.82) is 0 Å². The van der Waals surface area contributed by atoms with E-state index in [2.05, 4.69) is 11.9 Å². The van der Waals surface area contributed by atoms with Crippen molar-refractivity contribution in [3.05, 3.63) is 126 Å². The van der Waals surface area contributed by atoms with E-state index in [0.29, 0.717) is 28.0 Å². The van der Waals surface area contributed by atoms with E-state index in [0.717, 1.165) is 22.5 Å². The van der Waals surface area contributed by atoms with Crippen molar-refractivity contribution in [3.63, 3.8) is 0 Å². The summed E-state index contributed by atoms with van der Waals surface area (Å²) >= 11 is 0. The quantitative estimate of drug-likeness (QED) is 0.412. The van der Waals surface area contributed by atoms with Gasteiger partial charge in [-0.25, -0.2) is 0 Å². The van der Waals surface area contributed by atoms with Crippen molar-refractivity contribution in [2.45, 2.75) is 18.7 Å². The third kappa shape index (κ3) is 5.03. The van der Waals surface area contributed by atoms with Crippen molar-refractivity contribution >= 4 is 27.1 Å². The number of hydrogen-bond donors (Lipinski definition) is 2. The Morgan fingerprint density at radius 1 is 0.912 bits per heavy atom. The van der Waals surface area contributed by atoms with Crippen molar-refractivity contribution in [1.82, 2.24) is 0 Å². The lowest BCUT2D eigenvalue weighted by Gasteiger charge is -2.18. The van der Waals surface area contributed by atoms with Crippen molar-refractivity contribution in [2.75, 3.05) is 5.32 Å². The predicted molar refractivity (Wildman–Crippen MR) is 137 cm³/mol. The molecule has 0 aromatic heterocycles. The number of hydrogen-bond acceptors (Lipinski definition) is 4.